The molecule has 2 aromatic rings. The fourth-order valence-electron chi connectivity index (χ4n) is 3.83. The zero-order chi connectivity index (χ0) is 24.5. The van der Waals surface area contributed by atoms with E-state index in [9.17, 15) is 9.59 Å². The standard InChI is InChI=1S/C24H32N2O8/c1-5-32-23(28)9-8-22(27)26(15-18-7-6-10-33-18)14-17-13-19(34-25-17)16-11-20(29-2)24(31-4)21(12-16)30-3/h11-13,18H,5-10,14-15H2,1-4H3. The number of ether oxygens (including phenoxy) is 5. The first kappa shape index (κ1) is 25.4. The van der Waals surface area contributed by atoms with E-state index in [-0.39, 0.29) is 44.0 Å². The average molecular weight is 477 g/mol. The minimum Gasteiger partial charge on any atom is -0.493 e. The summed E-state index contributed by atoms with van der Waals surface area (Å²) in [5, 5.41) is 4.15. The van der Waals surface area contributed by atoms with Crippen LogP contribution in [-0.2, 0) is 25.6 Å². The lowest BCUT2D eigenvalue weighted by Gasteiger charge is -2.24. The molecule has 1 aromatic heterocycles. The molecule has 0 N–H and O–H groups in total. The molecule has 0 radical (unpaired) electrons. The van der Waals surface area contributed by atoms with Gasteiger partial charge in [-0.1, -0.05) is 5.16 Å². The number of esters is 1. The van der Waals surface area contributed by atoms with Crippen LogP contribution < -0.4 is 14.2 Å². The van der Waals surface area contributed by atoms with Crippen molar-refractivity contribution in [2.75, 3.05) is 41.1 Å². The molecule has 1 amide bonds. The SMILES string of the molecule is CCOC(=O)CCC(=O)N(Cc1cc(-c2cc(OC)c(OC)c(OC)c2)on1)CC1CCCO1. The Morgan fingerprint density at radius 1 is 1.09 bits per heavy atom. The molecule has 186 valence electrons. The second kappa shape index (κ2) is 12.3. The molecule has 1 aliphatic rings. The van der Waals surface area contributed by atoms with Gasteiger partial charge in [0.15, 0.2) is 17.3 Å². The lowest BCUT2D eigenvalue weighted by molar-refractivity contribution is -0.146. The smallest absolute Gasteiger partial charge is 0.306 e. The summed E-state index contributed by atoms with van der Waals surface area (Å²) in [5.74, 6) is 1.39. The summed E-state index contributed by atoms with van der Waals surface area (Å²) in [7, 11) is 4.61. The lowest BCUT2D eigenvalue weighted by Crippen LogP contribution is -2.37. The van der Waals surface area contributed by atoms with Crippen molar-refractivity contribution in [3.8, 4) is 28.6 Å². The Hall–Kier alpha value is -3.27. The number of nitrogens with zero attached hydrogens (tertiary/aromatic N) is 2. The third kappa shape index (κ3) is 6.40. The Bertz CT molecular complexity index is 943. The molecular weight excluding hydrogens is 444 g/mol. The zero-order valence-corrected chi connectivity index (χ0v) is 20.1. The Kier molecular flexibility index (Phi) is 9.15. The zero-order valence-electron chi connectivity index (χ0n) is 20.1. The molecule has 34 heavy (non-hydrogen) atoms. The number of hydrogen-bond donors (Lipinski definition) is 0. The monoisotopic (exact) mass is 476 g/mol. The molecule has 2 heterocycles. The molecule has 0 bridgehead atoms. The van der Waals surface area contributed by atoms with Crippen LogP contribution in [0, 0.1) is 0 Å². The molecule has 0 saturated carbocycles. The highest BCUT2D eigenvalue weighted by Gasteiger charge is 2.25. The van der Waals surface area contributed by atoms with Crippen LogP contribution in [0.5, 0.6) is 17.2 Å². The van der Waals surface area contributed by atoms with Crippen molar-refractivity contribution < 1.29 is 37.8 Å². The number of benzene rings is 1. The third-order valence-electron chi connectivity index (χ3n) is 5.51. The van der Waals surface area contributed by atoms with Gasteiger partial charge in [0.1, 0.15) is 5.69 Å². The van der Waals surface area contributed by atoms with Gasteiger partial charge >= 0.3 is 5.97 Å². The Balaban J connectivity index is 1.76. The molecule has 1 aliphatic heterocycles. The van der Waals surface area contributed by atoms with Gasteiger partial charge in [-0.2, -0.15) is 0 Å². The minimum atomic E-state index is -0.390. The molecule has 10 heteroatoms. The van der Waals surface area contributed by atoms with Crippen molar-refractivity contribution in [3.05, 3.63) is 23.9 Å². The summed E-state index contributed by atoms with van der Waals surface area (Å²) in [6, 6.07) is 5.29. The maximum Gasteiger partial charge on any atom is 0.306 e. The van der Waals surface area contributed by atoms with Crippen LogP contribution in [0.3, 0.4) is 0 Å². The second-order valence-electron chi connectivity index (χ2n) is 7.81. The van der Waals surface area contributed by atoms with E-state index in [1.165, 1.54) is 21.3 Å². The predicted molar refractivity (Wildman–Crippen MR) is 122 cm³/mol. The second-order valence-corrected chi connectivity index (χ2v) is 7.81. The van der Waals surface area contributed by atoms with E-state index < -0.39 is 0 Å². The fourth-order valence-corrected chi connectivity index (χ4v) is 3.83. The largest absolute Gasteiger partial charge is 0.493 e. The summed E-state index contributed by atoms with van der Waals surface area (Å²) in [6.45, 7) is 3.36. The first-order chi connectivity index (χ1) is 16.5. The first-order valence-electron chi connectivity index (χ1n) is 11.3. The minimum absolute atomic E-state index is 0.0319. The van der Waals surface area contributed by atoms with Gasteiger partial charge in [-0.15, -0.1) is 0 Å². The number of rotatable bonds is 12. The summed E-state index contributed by atoms with van der Waals surface area (Å²) in [5.41, 5.74) is 1.26. The number of aromatic nitrogens is 1. The highest BCUT2D eigenvalue weighted by molar-refractivity contribution is 5.81. The number of carbonyl (C=O) groups is 2. The first-order valence-corrected chi connectivity index (χ1v) is 11.3. The van der Waals surface area contributed by atoms with E-state index in [0.717, 1.165) is 12.8 Å². The van der Waals surface area contributed by atoms with Gasteiger partial charge in [-0.05, 0) is 31.9 Å². The number of carbonyl (C=O) groups excluding carboxylic acids is 2. The predicted octanol–water partition coefficient (Wildman–Crippen LogP) is 3.22. The lowest BCUT2D eigenvalue weighted by atomic mass is 10.1. The van der Waals surface area contributed by atoms with Crippen LogP contribution in [-0.4, -0.2) is 69.1 Å². The molecule has 1 saturated heterocycles. The molecular formula is C24H32N2O8. The maximum absolute atomic E-state index is 12.9. The van der Waals surface area contributed by atoms with Crippen LogP contribution >= 0.6 is 0 Å². The third-order valence-corrected chi connectivity index (χ3v) is 5.51. The fraction of sp³-hybridized carbons (Fsp3) is 0.542. The molecule has 1 fully saturated rings. The summed E-state index contributed by atoms with van der Waals surface area (Å²) in [4.78, 5) is 26.3. The molecule has 3 rings (SSSR count). The maximum atomic E-state index is 12.9. The van der Waals surface area contributed by atoms with Gasteiger partial charge in [0.25, 0.3) is 0 Å². The van der Waals surface area contributed by atoms with Gasteiger partial charge < -0.3 is 33.1 Å². The van der Waals surface area contributed by atoms with Crippen LogP contribution in [0.2, 0.25) is 0 Å². The number of hydrogen-bond acceptors (Lipinski definition) is 9. The molecule has 10 nitrogen and oxygen atoms in total. The van der Waals surface area contributed by atoms with Crippen LogP contribution in [0.15, 0.2) is 22.7 Å². The van der Waals surface area contributed by atoms with Gasteiger partial charge in [0.05, 0.1) is 47.0 Å². The topological polar surface area (TPSA) is 110 Å². The van der Waals surface area contributed by atoms with Crippen molar-refractivity contribution in [1.82, 2.24) is 10.1 Å². The van der Waals surface area contributed by atoms with Crippen molar-refractivity contribution in [3.63, 3.8) is 0 Å². The van der Waals surface area contributed by atoms with E-state index in [0.29, 0.717) is 47.4 Å². The van der Waals surface area contributed by atoms with E-state index in [2.05, 4.69) is 5.16 Å². The summed E-state index contributed by atoms with van der Waals surface area (Å²) >= 11 is 0. The van der Waals surface area contributed by atoms with Crippen LogP contribution in [0.1, 0.15) is 38.3 Å². The van der Waals surface area contributed by atoms with Crippen LogP contribution in [0.4, 0.5) is 0 Å². The highest BCUT2D eigenvalue weighted by atomic mass is 16.5. The van der Waals surface area contributed by atoms with E-state index in [4.69, 9.17) is 28.2 Å². The quantitative estimate of drug-likeness (QED) is 0.427. The molecule has 0 spiro atoms. The number of methoxy groups -OCH3 is 3. The molecule has 1 unspecified atom stereocenters. The van der Waals surface area contributed by atoms with Gasteiger partial charge in [-0.25, -0.2) is 0 Å². The van der Waals surface area contributed by atoms with E-state index >= 15 is 0 Å². The average Bonchev–Trinajstić information content (AvgIpc) is 3.53. The van der Waals surface area contributed by atoms with Gasteiger partial charge in [0, 0.05) is 31.2 Å². The molecule has 1 atom stereocenters. The summed E-state index contributed by atoms with van der Waals surface area (Å²) in [6.07, 6.45) is 1.91. The molecule has 0 aliphatic carbocycles. The Morgan fingerprint density at radius 3 is 2.41 bits per heavy atom. The van der Waals surface area contributed by atoms with Gasteiger partial charge in [-0.3, -0.25) is 9.59 Å². The summed E-state index contributed by atoms with van der Waals surface area (Å²) < 4.78 is 32.4. The van der Waals surface area contributed by atoms with E-state index in [1.807, 2.05) is 0 Å². The molecule has 1 aromatic carbocycles. The van der Waals surface area contributed by atoms with E-state index in [1.54, 1.807) is 30.0 Å². The highest BCUT2D eigenvalue weighted by Crippen LogP contribution is 2.41. The normalized spacial score (nSPS) is 15.1. The Labute approximate surface area is 199 Å². The van der Waals surface area contributed by atoms with Crippen molar-refractivity contribution in [2.24, 2.45) is 0 Å². The van der Waals surface area contributed by atoms with Crippen LogP contribution in [0.25, 0.3) is 11.3 Å². The van der Waals surface area contributed by atoms with Gasteiger partial charge in [0.2, 0.25) is 11.7 Å². The Morgan fingerprint density at radius 2 is 1.82 bits per heavy atom. The van der Waals surface area contributed by atoms with Crippen molar-refractivity contribution in [1.29, 1.82) is 0 Å². The van der Waals surface area contributed by atoms with Crippen molar-refractivity contribution in [2.45, 2.75) is 45.3 Å². The van der Waals surface area contributed by atoms with Crippen molar-refractivity contribution >= 4 is 11.9 Å². The number of amides is 1.